The fourth-order valence-electron chi connectivity index (χ4n) is 4.26. The molecule has 2 heterocycles. The summed E-state index contributed by atoms with van der Waals surface area (Å²) in [6, 6.07) is 7.62. The first-order chi connectivity index (χ1) is 13.5. The summed E-state index contributed by atoms with van der Waals surface area (Å²) in [6.45, 7) is 3.47. The van der Waals surface area contributed by atoms with Crippen LogP contribution in [0.3, 0.4) is 0 Å². The standard InChI is InChI=1S/C21H28N2O5/c1-15(24)22-10-6-16-4-2-3-5-18(16)19(22)14-20(25)23(11-7-21(26)27)17-8-12-28-13-9-17/h2-5,17,19H,6-14H2,1H3,(H,26,27). The third-order valence-corrected chi connectivity index (χ3v) is 5.70. The number of carboxylic acid groups (broad SMARTS) is 1. The van der Waals surface area contributed by atoms with E-state index in [4.69, 9.17) is 9.84 Å². The van der Waals surface area contributed by atoms with E-state index in [-0.39, 0.29) is 43.3 Å². The number of carboxylic acids is 1. The topological polar surface area (TPSA) is 87.2 Å². The summed E-state index contributed by atoms with van der Waals surface area (Å²) in [4.78, 5) is 40.0. The molecule has 1 saturated heterocycles. The number of nitrogens with zero attached hydrogens (tertiary/aromatic N) is 2. The van der Waals surface area contributed by atoms with Gasteiger partial charge < -0.3 is 19.6 Å². The second-order valence-electron chi connectivity index (χ2n) is 7.46. The highest BCUT2D eigenvalue weighted by atomic mass is 16.5. The van der Waals surface area contributed by atoms with E-state index in [0.717, 1.165) is 12.0 Å². The Balaban J connectivity index is 1.81. The smallest absolute Gasteiger partial charge is 0.305 e. The van der Waals surface area contributed by atoms with Gasteiger partial charge in [-0.25, -0.2) is 0 Å². The predicted octanol–water partition coefficient (Wildman–Crippen LogP) is 2.00. The second kappa shape index (κ2) is 9.19. The molecule has 0 aliphatic carbocycles. The Morgan fingerprint density at radius 2 is 1.93 bits per heavy atom. The number of carbonyl (C=O) groups excluding carboxylic acids is 2. The Bertz CT molecular complexity index is 729. The molecule has 1 unspecified atom stereocenters. The van der Waals surface area contributed by atoms with E-state index in [1.54, 1.807) is 9.80 Å². The number of hydrogen-bond donors (Lipinski definition) is 1. The van der Waals surface area contributed by atoms with Gasteiger partial charge in [0.25, 0.3) is 0 Å². The number of carbonyl (C=O) groups is 3. The molecule has 2 amide bonds. The largest absolute Gasteiger partial charge is 0.481 e. The molecule has 2 aliphatic rings. The normalized spacial score (nSPS) is 19.8. The average Bonchev–Trinajstić information content (AvgIpc) is 2.68. The number of fused-ring (bicyclic) bond motifs is 1. The number of amides is 2. The first-order valence-corrected chi connectivity index (χ1v) is 9.91. The maximum absolute atomic E-state index is 13.3. The van der Waals surface area contributed by atoms with Crippen LogP contribution in [0.5, 0.6) is 0 Å². The van der Waals surface area contributed by atoms with Gasteiger partial charge in [-0.15, -0.1) is 0 Å². The zero-order valence-electron chi connectivity index (χ0n) is 16.3. The lowest BCUT2D eigenvalue weighted by Crippen LogP contribution is -2.47. The molecule has 0 spiro atoms. The maximum Gasteiger partial charge on any atom is 0.305 e. The number of rotatable bonds is 6. The van der Waals surface area contributed by atoms with E-state index >= 15 is 0 Å². The Labute approximate surface area is 165 Å². The third-order valence-electron chi connectivity index (χ3n) is 5.70. The van der Waals surface area contributed by atoms with Crippen molar-refractivity contribution in [2.75, 3.05) is 26.3 Å². The lowest BCUT2D eigenvalue weighted by molar-refractivity contribution is -0.141. The Kier molecular flexibility index (Phi) is 6.67. The minimum Gasteiger partial charge on any atom is -0.481 e. The van der Waals surface area contributed by atoms with Gasteiger partial charge >= 0.3 is 5.97 Å². The van der Waals surface area contributed by atoms with Crippen LogP contribution < -0.4 is 0 Å². The van der Waals surface area contributed by atoms with Crippen molar-refractivity contribution in [1.29, 1.82) is 0 Å². The van der Waals surface area contributed by atoms with Crippen molar-refractivity contribution in [3.05, 3.63) is 35.4 Å². The molecule has 0 aromatic heterocycles. The number of benzene rings is 1. The van der Waals surface area contributed by atoms with Crippen LogP contribution in [-0.2, 0) is 25.5 Å². The van der Waals surface area contributed by atoms with Crippen molar-refractivity contribution in [2.45, 2.75) is 51.1 Å². The zero-order valence-corrected chi connectivity index (χ0v) is 16.3. The Morgan fingerprint density at radius 1 is 1.21 bits per heavy atom. The van der Waals surface area contributed by atoms with Gasteiger partial charge in [0.05, 0.1) is 18.9 Å². The lowest BCUT2D eigenvalue weighted by atomic mass is 9.90. The third kappa shape index (κ3) is 4.70. The molecule has 152 valence electrons. The summed E-state index contributed by atoms with van der Waals surface area (Å²) in [5.74, 6) is -1.06. The Morgan fingerprint density at radius 3 is 2.61 bits per heavy atom. The quantitative estimate of drug-likeness (QED) is 0.805. The van der Waals surface area contributed by atoms with E-state index in [0.29, 0.717) is 32.6 Å². The Hall–Kier alpha value is -2.41. The molecule has 3 rings (SSSR count). The molecule has 7 nitrogen and oxygen atoms in total. The summed E-state index contributed by atoms with van der Waals surface area (Å²) >= 11 is 0. The molecular formula is C21H28N2O5. The van der Waals surface area contributed by atoms with Crippen LogP contribution in [0.2, 0.25) is 0 Å². The van der Waals surface area contributed by atoms with Gasteiger partial charge in [0, 0.05) is 39.3 Å². The van der Waals surface area contributed by atoms with Crippen molar-refractivity contribution in [3.8, 4) is 0 Å². The van der Waals surface area contributed by atoms with Gasteiger partial charge in [-0.2, -0.15) is 0 Å². The molecule has 0 saturated carbocycles. The van der Waals surface area contributed by atoms with Gasteiger partial charge in [-0.05, 0) is 30.4 Å². The van der Waals surface area contributed by atoms with Crippen molar-refractivity contribution in [1.82, 2.24) is 9.80 Å². The minimum absolute atomic E-state index is 0.00906. The monoisotopic (exact) mass is 388 g/mol. The van der Waals surface area contributed by atoms with Crippen molar-refractivity contribution in [2.24, 2.45) is 0 Å². The molecular weight excluding hydrogens is 360 g/mol. The lowest BCUT2D eigenvalue weighted by Gasteiger charge is -2.39. The van der Waals surface area contributed by atoms with E-state index in [2.05, 4.69) is 0 Å². The molecule has 0 radical (unpaired) electrons. The fourth-order valence-corrected chi connectivity index (χ4v) is 4.26. The van der Waals surface area contributed by atoms with E-state index < -0.39 is 5.97 Å². The van der Waals surface area contributed by atoms with Gasteiger partial charge in [-0.1, -0.05) is 24.3 Å². The number of hydrogen-bond acceptors (Lipinski definition) is 4. The van der Waals surface area contributed by atoms with Gasteiger partial charge in [0.15, 0.2) is 0 Å². The molecule has 1 atom stereocenters. The average molecular weight is 388 g/mol. The molecule has 1 fully saturated rings. The highest BCUT2D eigenvalue weighted by Gasteiger charge is 2.34. The molecule has 2 aliphatic heterocycles. The van der Waals surface area contributed by atoms with Crippen LogP contribution in [0.25, 0.3) is 0 Å². The molecule has 1 aromatic rings. The van der Waals surface area contributed by atoms with Crippen molar-refractivity contribution < 1.29 is 24.2 Å². The highest BCUT2D eigenvalue weighted by Crippen LogP contribution is 2.33. The van der Waals surface area contributed by atoms with Crippen molar-refractivity contribution in [3.63, 3.8) is 0 Å². The highest BCUT2D eigenvalue weighted by molar-refractivity contribution is 5.80. The van der Waals surface area contributed by atoms with Crippen LogP contribution in [0.4, 0.5) is 0 Å². The molecule has 1 aromatic carbocycles. The van der Waals surface area contributed by atoms with Crippen LogP contribution in [0.15, 0.2) is 24.3 Å². The first-order valence-electron chi connectivity index (χ1n) is 9.91. The first kappa shape index (κ1) is 20.3. The molecule has 1 N–H and O–H groups in total. The van der Waals surface area contributed by atoms with Gasteiger partial charge in [-0.3, -0.25) is 14.4 Å². The minimum atomic E-state index is -0.918. The summed E-state index contributed by atoms with van der Waals surface area (Å²) in [5, 5.41) is 9.09. The van der Waals surface area contributed by atoms with E-state index in [1.165, 1.54) is 12.5 Å². The molecule has 0 bridgehead atoms. The number of ether oxygens (including phenoxy) is 1. The SMILES string of the molecule is CC(=O)N1CCc2ccccc2C1CC(=O)N(CCC(=O)O)C1CCOCC1. The molecule has 7 heteroatoms. The second-order valence-corrected chi connectivity index (χ2v) is 7.46. The summed E-state index contributed by atoms with van der Waals surface area (Å²) in [6.07, 6.45) is 2.30. The van der Waals surface area contributed by atoms with Crippen LogP contribution >= 0.6 is 0 Å². The maximum atomic E-state index is 13.3. The van der Waals surface area contributed by atoms with Crippen LogP contribution in [0, 0.1) is 0 Å². The summed E-state index contributed by atoms with van der Waals surface area (Å²) in [5.41, 5.74) is 2.18. The fraction of sp³-hybridized carbons (Fsp3) is 0.571. The number of aliphatic carboxylic acids is 1. The van der Waals surface area contributed by atoms with Gasteiger partial charge in [0.2, 0.25) is 11.8 Å². The van der Waals surface area contributed by atoms with Crippen LogP contribution in [-0.4, -0.2) is 65.0 Å². The zero-order chi connectivity index (χ0) is 20.1. The summed E-state index contributed by atoms with van der Waals surface area (Å²) in [7, 11) is 0. The molecule has 28 heavy (non-hydrogen) atoms. The van der Waals surface area contributed by atoms with E-state index in [1.807, 2.05) is 24.3 Å². The van der Waals surface area contributed by atoms with Gasteiger partial charge in [0.1, 0.15) is 0 Å². The predicted molar refractivity (Wildman–Crippen MR) is 103 cm³/mol. The summed E-state index contributed by atoms with van der Waals surface area (Å²) < 4.78 is 5.39. The van der Waals surface area contributed by atoms with Crippen molar-refractivity contribution >= 4 is 17.8 Å². The van der Waals surface area contributed by atoms with Crippen LogP contribution in [0.1, 0.15) is 49.8 Å². The van der Waals surface area contributed by atoms with E-state index in [9.17, 15) is 14.4 Å².